The third-order valence-corrected chi connectivity index (χ3v) is 7.10. The largest absolute Gasteiger partial charge is 0.283 e. The van der Waals surface area contributed by atoms with Crippen molar-refractivity contribution < 1.29 is 9.18 Å². The zero-order chi connectivity index (χ0) is 16.5. The Morgan fingerprint density at radius 1 is 1.43 bits per heavy atom. The number of hydrogen-bond acceptors (Lipinski definition) is 3. The lowest BCUT2D eigenvalue weighted by atomic mass is 9.66. The minimum Gasteiger partial charge on any atom is -0.283 e. The molecule has 4 bridgehead atoms. The topological polar surface area (TPSA) is 56.1 Å². The number of amides is 1. The third-order valence-electron chi connectivity index (χ3n) is 7.10. The predicted molar refractivity (Wildman–Crippen MR) is 82.5 cm³/mol. The second kappa shape index (κ2) is 4.33. The van der Waals surface area contributed by atoms with E-state index in [4.69, 9.17) is 0 Å². The summed E-state index contributed by atoms with van der Waals surface area (Å²) in [5.74, 6) is -0.485. The van der Waals surface area contributed by atoms with Gasteiger partial charge in [-0.25, -0.2) is 4.39 Å². The molecule has 2 aliphatic carbocycles. The Balaban J connectivity index is 1.66. The van der Waals surface area contributed by atoms with Crippen molar-refractivity contribution in [1.29, 1.82) is 5.26 Å². The summed E-state index contributed by atoms with van der Waals surface area (Å²) in [6.45, 7) is 5.07. The Morgan fingerprint density at radius 2 is 2.17 bits per heavy atom. The molecule has 0 spiro atoms. The molecule has 0 unspecified atom stereocenters. The monoisotopic (exact) mass is 313 g/mol. The van der Waals surface area contributed by atoms with Crippen LogP contribution in [-0.4, -0.2) is 23.0 Å². The zero-order valence-electron chi connectivity index (χ0n) is 13.4. The van der Waals surface area contributed by atoms with Crippen molar-refractivity contribution in [2.75, 3.05) is 6.54 Å². The summed E-state index contributed by atoms with van der Waals surface area (Å²) in [6, 6.07) is 8.44. The van der Waals surface area contributed by atoms with Gasteiger partial charge in [-0.2, -0.15) is 10.3 Å². The van der Waals surface area contributed by atoms with E-state index in [1.54, 1.807) is 17.1 Å². The van der Waals surface area contributed by atoms with Crippen LogP contribution in [-0.2, 0) is 0 Å². The Hall–Kier alpha value is -1.93. The number of halogens is 1. The van der Waals surface area contributed by atoms with Gasteiger partial charge in [0.1, 0.15) is 11.4 Å². The quantitative estimate of drug-likeness (QED) is 0.913. The van der Waals surface area contributed by atoms with Gasteiger partial charge in [0.25, 0.3) is 5.91 Å². The van der Waals surface area contributed by atoms with Gasteiger partial charge in [-0.3, -0.25) is 10.2 Å². The number of hydrazine groups is 1. The highest BCUT2D eigenvalue weighted by atomic mass is 19.1. The molecule has 3 fully saturated rings. The van der Waals surface area contributed by atoms with Crippen molar-refractivity contribution >= 4 is 5.91 Å². The minimum atomic E-state index is -0.675. The first-order chi connectivity index (χ1) is 10.9. The molecule has 4 atom stereocenters. The van der Waals surface area contributed by atoms with Gasteiger partial charge < -0.3 is 0 Å². The molecule has 1 aromatic carbocycles. The SMILES string of the molecule is C[C@@]12CC[C@@H]3C[C@]1(C#N)N(NC(=O)c1ccccc1F)C[C@]32C. The van der Waals surface area contributed by atoms with Gasteiger partial charge in [0, 0.05) is 12.0 Å². The van der Waals surface area contributed by atoms with Gasteiger partial charge in [0.15, 0.2) is 0 Å². The molecule has 1 saturated heterocycles. The van der Waals surface area contributed by atoms with Crippen LogP contribution in [0.4, 0.5) is 4.39 Å². The van der Waals surface area contributed by atoms with E-state index in [-0.39, 0.29) is 16.4 Å². The van der Waals surface area contributed by atoms with E-state index >= 15 is 0 Å². The molecule has 120 valence electrons. The van der Waals surface area contributed by atoms with Gasteiger partial charge >= 0.3 is 0 Å². The molecular weight excluding hydrogens is 293 g/mol. The molecule has 2 saturated carbocycles. The lowest BCUT2D eigenvalue weighted by Gasteiger charge is -2.42. The van der Waals surface area contributed by atoms with Crippen LogP contribution in [0, 0.1) is 33.9 Å². The van der Waals surface area contributed by atoms with Gasteiger partial charge in [-0.1, -0.05) is 26.0 Å². The van der Waals surface area contributed by atoms with Crippen molar-refractivity contribution in [1.82, 2.24) is 10.4 Å². The second-order valence-electron chi connectivity index (χ2n) is 7.67. The molecule has 23 heavy (non-hydrogen) atoms. The summed E-state index contributed by atoms with van der Waals surface area (Å²) in [4.78, 5) is 12.5. The average Bonchev–Trinajstić information content (AvgIpc) is 2.96. The average molecular weight is 313 g/mol. The highest BCUT2D eigenvalue weighted by molar-refractivity contribution is 5.94. The first kappa shape index (κ1) is 14.6. The van der Waals surface area contributed by atoms with Crippen LogP contribution in [0.25, 0.3) is 0 Å². The van der Waals surface area contributed by atoms with Crippen LogP contribution < -0.4 is 5.43 Å². The van der Waals surface area contributed by atoms with Crippen molar-refractivity contribution in [3.63, 3.8) is 0 Å². The Labute approximate surface area is 135 Å². The van der Waals surface area contributed by atoms with E-state index in [2.05, 4.69) is 25.3 Å². The summed E-state index contributed by atoms with van der Waals surface area (Å²) in [7, 11) is 0. The van der Waals surface area contributed by atoms with E-state index in [0.29, 0.717) is 12.5 Å². The molecule has 1 aromatic rings. The zero-order valence-corrected chi connectivity index (χ0v) is 13.4. The molecule has 4 nitrogen and oxygen atoms in total. The molecule has 0 aromatic heterocycles. The lowest BCUT2D eigenvalue weighted by Crippen LogP contribution is -2.59. The number of nitrogens with zero attached hydrogens (tertiary/aromatic N) is 2. The maximum Gasteiger partial charge on any atom is 0.268 e. The normalized spacial score (nSPS) is 41.0. The number of nitriles is 1. The fourth-order valence-corrected chi connectivity index (χ4v) is 5.47. The maximum atomic E-state index is 13.8. The number of hydrogen-bond donors (Lipinski definition) is 1. The molecule has 1 N–H and O–H groups in total. The van der Waals surface area contributed by atoms with Gasteiger partial charge in [-0.15, -0.1) is 0 Å². The number of benzene rings is 1. The maximum absolute atomic E-state index is 13.8. The van der Waals surface area contributed by atoms with Crippen LogP contribution >= 0.6 is 0 Å². The lowest BCUT2D eigenvalue weighted by molar-refractivity contribution is 0.0238. The van der Waals surface area contributed by atoms with Crippen LogP contribution in [0.5, 0.6) is 0 Å². The Bertz CT molecular complexity index is 744. The molecule has 3 aliphatic rings. The van der Waals surface area contributed by atoms with Crippen LogP contribution in [0.15, 0.2) is 24.3 Å². The second-order valence-corrected chi connectivity index (χ2v) is 7.67. The molecule has 1 amide bonds. The van der Waals surface area contributed by atoms with Crippen LogP contribution in [0.3, 0.4) is 0 Å². The molecule has 1 aliphatic heterocycles. The number of rotatable bonds is 2. The van der Waals surface area contributed by atoms with E-state index in [0.717, 1.165) is 19.3 Å². The third kappa shape index (κ3) is 1.50. The Kier molecular flexibility index (Phi) is 2.76. The Morgan fingerprint density at radius 3 is 2.83 bits per heavy atom. The van der Waals surface area contributed by atoms with Gasteiger partial charge in [-0.05, 0) is 42.7 Å². The summed E-state index contributed by atoms with van der Waals surface area (Å²) < 4.78 is 13.8. The fourth-order valence-electron chi connectivity index (χ4n) is 5.47. The van der Waals surface area contributed by atoms with E-state index < -0.39 is 17.3 Å². The number of nitrogens with one attached hydrogen (secondary N) is 1. The summed E-state index contributed by atoms with van der Waals surface area (Å²) >= 11 is 0. The van der Waals surface area contributed by atoms with E-state index in [1.165, 1.54) is 12.1 Å². The van der Waals surface area contributed by atoms with E-state index in [1.807, 2.05) is 0 Å². The smallest absolute Gasteiger partial charge is 0.268 e. The minimum absolute atomic E-state index is 0.0174. The molecule has 0 radical (unpaired) electrons. The standard InChI is InChI=1S/C18H20FN3O/c1-16-11-22(21-15(23)13-5-3-4-6-14(13)19)18(10-20)9-12(16)7-8-17(16,18)2/h3-6,12H,7-9,11H2,1-2H3,(H,21,23)/t12-,16-,17+,18-/m1/s1. The van der Waals surface area contributed by atoms with Crippen LogP contribution in [0.2, 0.25) is 0 Å². The first-order valence-corrected chi connectivity index (χ1v) is 8.12. The first-order valence-electron chi connectivity index (χ1n) is 8.12. The number of carbonyl (C=O) groups is 1. The molecule has 5 heteroatoms. The molecule has 1 heterocycles. The van der Waals surface area contributed by atoms with E-state index in [9.17, 15) is 14.4 Å². The summed E-state index contributed by atoms with van der Waals surface area (Å²) in [6.07, 6.45) is 2.95. The van der Waals surface area contributed by atoms with Crippen molar-refractivity contribution in [3.8, 4) is 6.07 Å². The number of carbonyl (C=O) groups excluding carboxylic acids is 1. The molecular formula is C18H20FN3O. The number of piperidine rings is 1. The highest BCUT2D eigenvalue weighted by Crippen LogP contribution is 2.75. The summed E-state index contributed by atoms with van der Waals surface area (Å²) in [5.41, 5.74) is 2.08. The summed E-state index contributed by atoms with van der Waals surface area (Å²) in [5, 5.41) is 11.7. The van der Waals surface area contributed by atoms with Crippen LogP contribution in [0.1, 0.15) is 43.5 Å². The van der Waals surface area contributed by atoms with Crippen molar-refractivity contribution in [3.05, 3.63) is 35.6 Å². The van der Waals surface area contributed by atoms with Gasteiger partial charge in [0.2, 0.25) is 0 Å². The van der Waals surface area contributed by atoms with Gasteiger partial charge in [0.05, 0.1) is 11.6 Å². The van der Waals surface area contributed by atoms with Crippen molar-refractivity contribution in [2.45, 2.75) is 38.6 Å². The molecule has 4 rings (SSSR count). The fraction of sp³-hybridized carbons (Fsp3) is 0.556. The highest BCUT2D eigenvalue weighted by Gasteiger charge is 2.78. The predicted octanol–water partition coefficient (Wildman–Crippen LogP) is 2.87. The van der Waals surface area contributed by atoms with Crippen molar-refractivity contribution in [2.24, 2.45) is 16.7 Å².